The first-order valence-corrected chi connectivity index (χ1v) is 5.26. The van der Waals surface area contributed by atoms with Gasteiger partial charge in [-0.2, -0.15) is 0 Å². The SMILES string of the molecule is C=C(C)C1=C(C(N)=O)C(C)C(CCC)=N1. The fourth-order valence-electron chi connectivity index (χ4n) is 1.86. The molecule has 0 bridgehead atoms. The maximum Gasteiger partial charge on any atom is 0.247 e. The highest BCUT2D eigenvalue weighted by Crippen LogP contribution is 2.30. The van der Waals surface area contributed by atoms with Gasteiger partial charge >= 0.3 is 0 Å². The Morgan fingerprint density at radius 1 is 1.60 bits per heavy atom. The minimum atomic E-state index is -0.379. The molecule has 1 heterocycles. The van der Waals surface area contributed by atoms with Crippen LogP contribution in [0.1, 0.15) is 33.6 Å². The Hall–Kier alpha value is -1.38. The standard InChI is InChI=1S/C12H18N2O/c1-5-6-9-8(4)10(12(13)15)11(14-9)7(2)3/h8H,2,5-6H2,1,3-4H3,(H2,13,15). The summed E-state index contributed by atoms with van der Waals surface area (Å²) in [4.78, 5) is 15.8. The van der Waals surface area contributed by atoms with Gasteiger partial charge in [0.15, 0.2) is 0 Å². The number of allylic oxidation sites excluding steroid dienone is 1. The summed E-state index contributed by atoms with van der Waals surface area (Å²) in [6.07, 6.45) is 1.94. The fraction of sp³-hybridized carbons (Fsp3) is 0.500. The zero-order valence-electron chi connectivity index (χ0n) is 9.63. The van der Waals surface area contributed by atoms with Crippen molar-refractivity contribution in [2.45, 2.75) is 33.6 Å². The first kappa shape index (κ1) is 11.7. The van der Waals surface area contributed by atoms with Crippen molar-refractivity contribution in [2.24, 2.45) is 16.6 Å². The molecule has 0 fully saturated rings. The second kappa shape index (κ2) is 4.43. The van der Waals surface area contributed by atoms with Gasteiger partial charge in [-0.1, -0.05) is 26.8 Å². The normalized spacial score (nSPS) is 20.5. The number of primary amides is 1. The van der Waals surface area contributed by atoms with Crippen molar-refractivity contribution in [3.8, 4) is 0 Å². The number of hydrogen-bond acceptors (Lipinski definition) is 2. The number of nitrogens with two attached hydrogens (primary N) is 1. The summed E-state index contributed by atoms with van der Waals surface area (Å²) in [5, 5.41) is 0. The Bertz CT molecular complexity index is 364. The van der Waals surface area contributed by atoms with Crippen molar-refractivity contribution in [1.29, 1.82) is 0 Å². The summed E-state index contributed by atoms with van der Waals surface area (Å²) < 4.78 is 0. The largest absolute Gasteiger partial charge is 0.366 e. The lowest BCUT2D eigenvalue weighted by Crippen LogP contribution is -2.22. The Labute approximate surface area is 90.8 Å². The maximum atomic E-state index is 11.3. The summed E-state index contributed by atoms with van der Waals surface area (Å²) in [7, 11) is 0. The number of rotatable bonds is 4. The van der Waals surface area contributed by atoms with Gasteiger partial charge in [0.25, 0.3) is 0 Å². The summed E-state index contributed by atoms with van der Waals surface area (Å²) in [6, 6.07) is 0. The van der Waals surface area contributed by atoms with E-state index in [1.165, 1.54) is 0 Å². The molecule has 0 aliphatic carbocycles. The second-order valence-electron chi connectivity index (χ2n) is 3.98. The van der Waals surface area contributed by atoms with Crippen LogP contribution >= 0.6 is 0 Å². The molecule has 0 aromatic carbocycles. The van der Waals surface area contributed by atoms with Crippen molar-refractivity contribution in [2.75, 3.05) is 0 Å². The Morgan fingerprint density at radius 2 is 2.20 bits per heavy atom. The van der Waals surface area contributed by atoms with Crippen LogP contribution in [0.2, 0.25) is 0 Å². The predicted molar refractivity (Wildman–Crippen MR) is 62.5 cm³/mol. The molecule has 3 heteroatoms. The molecular weight excluding hydrogens is 188 g/mol. The van der Waals surface area contributed by atoms with Crippen molar-refractivity contribution in [3.63, 3.8) is 0 Å². The fourth-order valence-corrected chi connectivity index (χ4v) is 1.86. The molecule has 0 aromatic heterocycles. The monoisotopic (exact) mass is 206 g/mol. The Kier molecular flexibility index (Phi) is 3.45. The van der Waals surface area contributed by atoms with E-state index in [2.05, 4.69) is 18.5 Å². The molecule has 0 spiro atoms. The molecular formula is C12H18N2O. The number of nitrogens with zero attached hydrogens (tertiary/aromatic N) is 1. The van der Waals surface area contributed by atoms with Crippen LogP contribution in [0, 0.1) is 5.92 Å². The highest BCUT2D eigenvalue weighted by atomic mass is 16.1. The average Bonchev–Trinajstić information content (AvgIpc) is 2.44. The molecule has 1 aliphatic heterocycles. The molecule has 0 saturated carbocycles. The molecule has 1 aliphatic rings. The third-order valence-corrected chi connectivity index (χ3v) is 2.62. The van der Waals surface area contributed by atoms with Crippen LogP contribution < -0.4 is 5.73 Å². The molecule has 15 heavy (non-hydrogen) atoms. The second-order valence-corrected chi connectivity index (χ2v) is 3.98. The molecule has 1 rings (SSSR count). The third kappa shape index (κ3) is 2.17. The van der Waals surface area contributed by atoms with Gasteiger partial charge in [-0.05, 0) is 18.9 Å². The average molecular weight is 206 g/mol. The zero-order valence-corrected chi connectivity index (χ0v) is 9.63. The number of aliphatic imine (C=N–C) groups is 1. The van der Waals surface area contributed by atoms with Crippen molar-refractivity contribution in [1.82, 2.24) is 0 Å². The van der Waals surface area contributed by atoms with E-state index in [9.17, 15) is 4.79 Å². The van der Waals surface area contributed by atoms with Crippen LogP contribution in [0.4, 0.5) is 0 Å². The molecule has 1 atom stereocenters. The summed E-state index contributed by atoms with van der Waals surface area (Å²) >= 11 is 0. The Morgan fingerprint density at radius 3 is 2.53 bits per heavy atom. The molecule has 3 nitrogen and oxygen atoms in total. The molecule has 0 saturated heterocycles. The van der Waals surface area contributed by atoms with Crippen LogP contribution in [0.3, 0.4) is 0 Å². The van der Waals surface area contributed by atoms with E-state index in [-0.39, 0.29) is 11.8 Å². The summed E-state index contributed by atoms with van der Waals surface area (Å²) in [6.45, 7) is 9.75. The van der Waals surface area contributed by atoms with Crippen LogP contribution in [-0.4, -0.2) is 11.6 Å². The van der Waals surface area contributed by atoms with Crippen LogP contribution in [0.15, 0.2) is 28.4 Å². The van der Waals surface area contributed by atoms with Gasteiger partial charge in [-0.25, -0.2) is 0 Å². The van der Waals surface area contributed by atoms with E-state index in [0.29, 0.717) is 11.3 Å². The van der Waals surface area contributed by atoms with E-state index >= 15 is 0 Å². The van der Waals surface area contributed by atoms with E-state index in [0.717, 1.165) is 24.1 Å². The zero-order chi connectivity index (χ0) is 11.6. The lowest BCUT2D eigenvalue weighted by Gasteiger charge is -2.08. The summed E-state index contributed by atoms with van der Waals surface area (Å²) in [5.41, 5.74) is 8.53. The lowest BCUT2D eigenvalue weighted by molar-refractivity contribution is -0.114. The van der Waals surface area contributed by atoms with Gasteiger partial charge < -0.3 is 5.73 Å². The number of carbonyl (C=O) groups is 1. The topological polar surface area (TPSA) is 55.5 Å². The third-order valence-electron chi connectivity index (χ3n) is 2.62. The molecule has 0 radical (unpaired) electrons. The van der Waals surface area contributed by atoms with Gasteiger partial charge in [-0.3, -0.25) is 9.79 Å². The van der Waals surface area contributed by atoms with Crippen molar-refractivity contribution < 1.29 is 4.79 Å². The van der Waals surface area contributed by atoms with E-state index in [4.69, 9.17) is 5.73 Å². The van der Waals surface area contributed by atoms with Gasteiger partial charge in [0.1, 0.15) is 0 Å². The smallest absolute Gasteiger partial charge is 0.247 e. The highest BCUT2D eigenvalue weighted by molar-refractivity contribution is 6.06. The minimum Gasteiger partial charge on any atom is -0.366 e. The molecule has 2 N–H and O–H groups in total. The van der Waals surface area contributed by atoms with E-state index in [1.54, 1.807) is 0 Å². The molecule has 1 amide bonds. The van der Waals surface area contributed by atoms with Gasteiger partial charge in [0, 0.05) is 11.6 Å². The Balaban J connectivity index is 3.09. The van der Waals surface area contributed by atoms with Crippen LogP contribution in [-0.2, 0) is 4.79 Å². The highest BCUT2D eigenvalue weighted by Gasteiger charge is 2.29. The van der Waals surface area contributed by atoms with Gasteiger partial charge in [0.2, 0.25) is 5.91 Å². The van der Waals surface area contributed by atoms with Crippen LogP contribution in [0.25, 0.3) is 0 Å². The van der Waals surface area contributed by atoms with Gasteiger partial charge in [0.05, 0.1) is 11.3 Å². The number of hydrogen-bond donors (Lipinski definition) is 1. The van der Waals surface area contributed by atoms with Crippen LogP contribution in [0.5, 0.6) is 0 Å². The predicted octanol–water partition coefficient (Wildman–Crippen LogP) is 2.19. The molecule has 82 valence electrons. The minimum absolute atomic E-state index is 0.0501. The molecule has 0 aromatic rings. The van der Waals surface area contributed by atoms with Crippen molar-refractivity contribution in [3.05, 3.63) is 23.4 Å². The van der Waals surface area contributed by atoms with Gasteiger partial charge in [-0.15, -0.1) is 0 Å². The quantitative estimate of drug-likeness (QED) is 0.753. The van der Waals surface area contributed by atoms with E-state index < -0.39 is 0 Å². The first-order chi connectivity index (χ1) is 6.99. The maximum absolute atomic E-state index is 11.3. The number of amides is 1. The summed E-state index contributed by atoms with van der Waals surface area (Å²) in [5.74, 6) is -0.329. The van der Waals surface area contributed by atoms with Crippen molar-refractivity contribution >= 4 is 11.6 Å². The first-order valence-electron chi connectivity index (χ1n) is 5.26. The number of carbonyl (C=O) groups excluding carboxylic acids is 1. The van der Waals surface area contributed by atoms with E-state index in [1.807, 2.05) is 13.8 Å². The molecule has 1 unspecified atom stereocenters. The lowest BCUT2D eigenvalue weighted by atomic mass is 9.93.